The quantitative estimate of drug-likeness (QED) is 0.773. The highest BCUT2D eigenvalue weighted by atomic mass is 16.5. The second-order valence-corrected chi connectivity index (χ2v) is 5.47. The SMILES string of the molecule is CC(C)N(C)CCCNC1COc2cc(O)ccc21. The van der Waals surface area contributed by atoms with Crippen LogP contribution in [0.25, 0.3) is 0 Å². The van der Waals surface area contributed by atoms with Crippen LogP contribution in [-0.4, -0.2) is 42.8 Å². The molecule has 0 aliphatic carbocycles. The second-order valence-electron chi connectivity index (χ2n) is 5.47. The van der Waals surface area contributed by atoms with Gasteiger partial charge in [0.2, 0.25) is 0 Å². The second kappa shape index (κ2) is 6.26. The predicted octanol–water partition coefficient (Wildman–Crippen LogP) is 2.15. The molecule has 0 spiro atoms. The van der Waals surface area contributed by atoms with Crippen LogP contribution in [-0.2, 0) is 0 Å². The fraction of sp³-hybridized carbons (Fsp3) is 0.600. The Morgan fingerprint density at radius 1 is 1.47 bits per heavy atom. The minimum Gasteiger partial charge on any atom is -0.508 e. The number of aromatic hydroxyl groups is 1. The Kier molecular flexibility index (Phi) is 4.66. The summed E-state index contributed by atoms with van der Waals surface area (Å²) in [5.74, 6) is 1.06. The van der Waals surface area contributed by atoms with Crippen LogP contribution in [0, 0.1) is 0 Å². The largest absolute Gasteiger partial charge is 0.508 e. The van der Waals surface area contributed by atoms with Crippen LogP contribution in [0.5, 0.6) is 11.5 Å². The summed E-state index contributed by atoms with van der Waals surface area (Å²) in [5, 5.41) is 12.9. The average Bonchev–Trinajstić information content (AvgIpc) is 2.76. The molecule has 0 saturated carbocycles. The number of hydrogen-bond donors (Lipinski definition) is 2. The summed E-state index contributed by atoms with van der Waals surface area (Å²) in [5.41, 5.74) is 1.15. The van der Waals surface area contributed by atoms with Crippen LogP contribution in [0.15, 0.2) is 18.2 Å². The van der Waals surface area contributed by atoms with Crippen molar-refractivity contribution in [1.82, 2.24) is 10.2 Å². The number of nitrogens with zero attached hydrogens (tertiary/aromatic N) is 1. The number of phenolic OH excluding ortho intramolecular Hbond substituents is 1. The van der Waals surface area contributed by atoms with Gasteiger partial charge in [0.1, 0.15) is 18.1 Å². The lowest BCUT2D eigenvalue weighted by atomic mass is 10.1. The molecule has 0 bridgehead atoms. The smallest absolute Gasteiger partial charge is 0.127 e. The monoisotopic (exact) mass is 264 g/mol. The number of benzene rings is 1. The molecule has 2 N–H and O–H groups in total. The molecular weight excluding hydrogens is 240 g/mol. The summed E-state index contributed by atoms with van der Waals surface area (Å²) < 4.78 is 5.58. The van der Waals surface area contributed by atoms with Crippen molar-refractivity contribution in [3.63, 3.8) is 0 Å². The number of nitrogens with one attached hydrogen (secondary N) is 1. The van der Waals surface area contributed by atoms with Crippen molar-refractivity contribution in [3.05, 3.63) is 23.8 Å². The third-order valence-corrected chi connectivity index (χ3v) is 3.74. The van der Waals surface area contributed by atoms with E-state index in [9.17, 15) is 5.11 Å². The number of ether oxygens (including phenoxy) is 1. The Morgan fingerprint density at radius 3 is 3.00 bits per heavy atom. The van der Waals surface area contributed by atoms with Crippen LogP contribution in [0.2, 0.25) is 0 Å². The molecule has 1 aromatic rings. The van der Waals surface area contributed by atoms with Crippen molar-refractivity contribution in [2.24, 2.45) is 0 Å². The first kappa shape index (κ1) is 14.2. The van der Waals surface area contributed by atoms with E-state index in [2.05, 4.69) is 31.1 Å². The van der Waals surface area contributed by atoms with E-state index < -0.39 is 0 Å². The fourth-order valence-corrected chi connectivity index (χ4v) is 2.23. The average molecular weight is 264 g/mol. The lowest BCUT2D eigenvalue weighted by Gasteiger charge is -2.21. The number of fused-ring (bicyclic) bond motifs is 1. The van der Waals surface area contributed by atoms with Gasteiger partial charge in [0.05, 0.1) is 6.04 Å². The number of hydrogen-bond acceptors (Lipinski definition) is 4. The van der Waals surface area contributed by atoms with E-state index in [1.807, 2.05) is 6.07 Å². The molecule has 0 radical (unpaired) electrons. The van der Waals surface area contributed by atoms with Gasteiger partial charge in [-0.2, -0.15) is 0 Å². The molecule has 1 aliphatic rings. The van der Waals surface area contributed by atoms with E-state index in [1.54, 1.807) is 12.1 Å². The summed E-state index contributed by atoms with van der Waals surface area (Å²) in [7, 11) is 2.15. The summed E-state index contributed by atoms with van der Waals surface area (Å²) in [6.07, 6.45) is 1.12. The zero-order valence-corrected chi connectivity index (χ0v) is 12.0. The van der Waals surface area contributed by atoms with Crippen LogP contribution in [0.3, 0.4) is 0 Å². The van der Waals surface area contributed by atoms with E-state index in [0.717, 1.165) is 30.8 Å². The molecule has 1 unspecified atom stereocenters. The Balaban J connectivity index is 1.77. The summed E-state index contributed by atoms with van der Waals surface area (Å²) in [6.45, 7) is 7.15. The van der Waals surface area contributed by atoms with Crippen molar-refractivity contribution >= 4 is 0 Å². The zero-order valence-electron chi connectivity index (χ0n) is 12.0. The van der Waals surface area contributed by atoms with Crippen molar-refractivity contribution in [3.8, 4) is 11.5 Å². The molecule has 2 rings (SSSR count). The third kappa shape index (κ3) is 3.61. The molecule has 0 aromatic heterocycles. The predicted molar refractivity (Wildman–Crippen MR) is 76.7 cm³/mol. The van der Waals surface area contributed by atoms with E-state index in [-0.39, 0.29) is 11.8 Å². The van der Waals surface area contributed by atoms with Crippen molar-refractivity contribution < 1.29 is 9.84 Å². The van der Waals surface area contributed by atoms with Crippen LogP contribution in [0.1, 0.15) is 31.9 Å². The highest BCUT2D eigenvalue weighted by molar-refractivity contribution is 5.44. The van der Waals surface area contributed by atoms with Crippen molar-refractivity contribution in [1.29, 1.82) is 0 Å². The van der Waals surface area contributed by atoms with Gasteiger partial charge in [0, 0.05) is 17.7 Å². The Hall–Kier alpha value is -1.26. The maximum atomic E-state index is 9.40. The van der Waals surface area contributed by atoms with Gasteiger partial charge in [-0.3, -0.25) is 0 Å². The first-order valence-corrected chi connectivity index (χ1v) is 6.97. The maximum absolute atomic E-state index is 9.40. The normalized spacial score (nSPS) is 17.8. The summed E-state index contributed by atoms with van der Waals surface area (Å²) in [6, 6.07) is 6.19. The fourth-order valence-electron chi connectivity index (χ4n) is 2.23. The number of phenols is 1. The molecule has 1 heterocycles. The highest BCUT2D eigenvalue weighted by Gasteiger charge is 2.23. The van der Waals surface area contributed by atoms with Gasteiger partial charge in [0.15, 0.2) is 0 Å². The molecule has 19 heavy (non-hydrogen) atoms. The minimum atomic E-state index is 0.250. The lowest BCUT2D eigenvalue weighted by molar-refractivity contribution is 0.263. The summed E-state index contributed by atoms with van der Waals surface area (Å²) >= 11 is 0. The van der Waals surface area contributed by atoms with Gasteiger partial charge < -0.3 is 20.1 Å². The van der Waals surface area contributed by atoms with E-state index >= 15 is 0 Å². The standard InChI is InChI=1S/C15H24N2O2/c1-11(2)17(3)8-4-7-16-14-10-19-15-9-12(18)5-6-13(14)15/h5-6,9,11,14,16,18H,4,7-8,10H2,1-3H3. The molecule has 0 saturated heterocycles. The van der Waals surface area contributed by atoms with E-state index in [1.165, 1.54) is 0 Å². The first-order valence-electron chi connectivity index (χ1n) is 6.97. The zero-order chi connectivity index (χ0) is 13.8. The van der Waals surface area contributed by atoms with E-state index in [4.69, 9.17) is 4.74 Å². The molecular formula is C15H24N2O2. The Bertz CT molecular complexity index is 421. The van der Waals surface area contributed by atoms with Gasteiger partial charge in [0.25, 0.3) is 0 Å². The molecule has 106 valence electrons. The molecule has 0 fully saturated rings. The molecule has 4 nitrogen and oxygen atoms in total. The first-order chi connectivity index (χ1) is 9.08. The molecule has 4 heteroatoms. The Morgan fingerprint density at radius 2 is 2.26 bits per heavy atom. The van der Waals surface area contributed by atoms with Gasteiger partial charge in [-0.1, -0.05) is 0 Å². The molecule has 0 amide bonds. The van der Waals surface area contributed by atoms with Crippen LogP contribution >= 0.6 is 0 Å². The lowest BCUT2D eigenvalue weighted by Crippen LogP contribution is -2.31. The Labute approximate surface area is 115 Å². The summed E-state index contributed by atoms with van der Waals surface area (Å²) in [4.78, 5) is 2.35. The van der Waals surface area contributed by atoms with Gasteiger partial charge in [-0.25, -0.2) is 0 Å². The molecule has 1 atom stereocenters. The topological polar surface area (TPSA) is 44.7 Å². The van der Waals surface area contributed by atoms with Crippen LogP contribution < -0.4 is 10.1 Å². The highest BCUT2D eigenvalue weighted by Crippen LogP contribution is 2.34. The maximum Gasteiger partial charge on any atom is 0.127 e. The molecule has 1 aromatic carbocycles. The van der Waals surface area contributed by atoms with Gasteiger partial charge in [-0.05, 0) is 52.5 Å². The van der Waals surface area contributed by atoms with Gasteiger partial charge in [-0.15, -0.1) is 0 Å². The molecule has 1 aliphatic heterocycles. The van der Waals surface area contributed by atoms with Crippen molar-refractivity contribution in [2.45, 2.75) is 32.4 Å². The number of rotatable bonds is 6. The third-order valence-electron chi connectivity index (χ3n) is 3.74. The minimum absolute atomic E-state index is 0.250. The van der Waals surface area contributed by atoms with E-state index in [0.29, 0.717) is 12.6 Å². The van der Waals surface area contributed by atoms with Crippen LogP contribution in [0.4, 0.5) is 0 Å². The van der Waals surface area contributed by atoms with Crippen molar-refractivity contribution in [2.75, 3.05) is 26.7 Å². The van der Waals surface area contributed by atoms with Gasteiger partial charge >= 0.3 is 0 Å².